The van der Waals surface area contributed by atoms with Gasteiger partial charge in [-0.15, -0.1) is 0 Å². The fraction of sp³-hybridized carbons (Fsp3) is 0.192. The number of nitrogens with one attached hydrogen (secondary N) is 1. The summed E-state index contributed by atoms with van der Waals surface area (Å²) in [6.45, 7) is 0.879. The van der Waals surface area contributed by atoms with Gasteiger partial charge in [0.1, 0.15) is 11.0 Å². The van der Waals surface area contributed by atoms with Crippen molar-refractivity contribution in [1.29, 1.82) is 0 Å². The lowest BCUT2D eigenvalue weighted by molar-refractivity contribution is -0.0210. The van der Waals surface area contributed by atoms with E-state index in [0.717, 1.165) is 10.6 Å². The van der Waals surface area contributed by atoms with Gasteiger partial charge >= 0.3 is 0 Å². The Bertz CT molecular complexity index is 1380. The Morgan fingerprint density at radius 1 is 1.00 bits per heavy atom. The molecule has 6 nitrogen and oxygen atoms in total. The molecule has 1 aliphatic rings. The average Bonchev–Trinajstić information content (AvgIpc) is 2.89. The highest BCUT2D eigenvalue weighted by Crippen LogP contribution is 2.37. The van der Waals surface area contributed by atoms with E-state index in [2.05, 4.69) is 14.7 Å². The van der Waals surface area contributed by atoms with Crippen LogP contribution in [0.15, 0.2) is 78.0 Å². The number of hydrogen-bond acceptors (Lipinski definition) is 6. The summed E-state index contributed by atoms with van der Waals surface area (Å²) in [5.41, 5.74) is 1.75. The third kappa shape index (κ3) is 4.82. The average molecular weight is 509 g/mol. The summed E-state index contributed by atoms with van der Waals surface area (Å²) in [5, 5.41) is 11.6. The molecule has 4 aromatic rings. The highest BCUT2D eigenvalue weighted by atomic mass is 35.5. The molecule has 0 atom stereocenters. The number of benzene rings is 3. The predicted molar refractivity (Wildman–Crippen MR) is 136 cm³/mol. The zero-order chi connectivity index (χ0) is 24.4. The van der Waals surface area contributed by atoms with E-state index in [0.29, 0.717) is 47.6 Å². The molecule has 0 saturated carbocycles. The van der Waals surface area contributed by atoms with Gasteiger partial charge in [0.05, 0.1) is 10.5 Å². The minimum absolute atomic E-state index is 0.0785. The van der Waals surface area contributed by atoms with Crippen molar-refractivity contribution in [3.8, 4) is 0 Å². The van der Waals surface area contributed by atoms with Crippen molar-refractivity contribution in [2.45, 2.75) is 23.3 Å². The summed E-state index contributed by atoms with van der Waals surface area (Å²) >= 11 is 7.59. The van der Waals surface area contributed by atoms with Crippen LogP contribution in [-0.4, -0.2) is 39.0 Å². The molecule has 0 aliphatic carbocycles. The third-order valence-electron chi connectivity index (χ3n) is 6.20. The Hall–Kier alpha value is -3.20. The van der Waals surface area contributed by atoms with Gasteiger partial charge in [0.2, 0.25) is 0 Å². The highest BCUT2D eigenvalue weighted by molar-refractivity contribution is 8.00. The Kier molecular flexibility index (Phi) is 6.60. The Labute approximate surface area is 211 Å². The lowest BCUT2D eigenvalue weighted by Crippen LogP contribution is -2.45. The van der Waals surface area contributed by atoms with Gasteiger partial charge in [0, 0.05) is 47.3 Å². The number of hydrogen-bond donors (Lipinski definition) is 2. The van der Waals surface area contributed by atoms with Crippen LogP contribution in [0.5, 0.6) is 0 Å². The molecule has 3 aromatic carbocycles. The Morgan fingerprint density at radius 3 is 2.40 bits per heavy atom. The fourth-order valence-corrected chi connectivity index (χ4v) is 5.30. The van der Waals surface area contributed by atoms with Gasteiger partial charge in [-0.05, 0) is 67.3 Å². The molecule has 0 bridgehead atoms. The molecule has 2 heterocycles. The number of anilines is 1. The minimum atomic E-state index is -1.03. The lowest BCUT2D eigenvalue weighted by Gasteiger charge is -2.39. The normalized spacial score (nSPS) is 15.2. The zero-order valence-electron chi connectivity index (χ0n) is 18.6. The largest absolute Gasteiger partial charge is 0.385 e. The van der Waals surface area contributed by atoms with Crippen molar-refractivity contribution in [3.05, 3.63) is 95.0 Å². The van der Waals surface area contributed by atoms with Crippen molar-refractivity contribution in [3.63, 3.8) is 0 Å². The highest BCUT2D eigenvalue weighted by Gasteiger charge is 2.36. The van der Waals surface area contributed by atoms with E-state index in [1.165, 1.54) is 30.4 Å². The van der Waals surface area contributed by atoms with Crippen LogP contribution >= 0.6 is 23.5 Å². The van der Waals surface area contributed by atoms with Gasteiger partial charge in [-0.25, -0.2) is 9.37 Å². The van der Waals surface area contributed by atoms with Gasteiger partial charge in [0.25, 0.3) is 5.91 Å². The van der Waals surface area contributed by atoms with Crippen LogP contribution in [0.2, 0.25) is 5.02 Å². The van der Waals surface area contributed by atoms with E-state index < -0.39 is 11.4 Å². The number of carbonyl (C=O) groups excluding carboxylic acids is 1. The van der Waals surface area contributed by atoms with Crippen molar-refractivity contribution < 1.29 is 14.3 Å². The topological polar surface area (TPSA) is 78.4 Å². The number of rotatable bonds is 5. The number of aromatic nitrogens is 2. The molecule has 0 spiro atoms. The molecule has 1 amide bonds. The van der Waals surface area contributed by atoms with E-state index >= 15 is 0 Å². The molecular weight excluding hydrogens is 487 g/mol. The molecule has 1 fully saturated rings. The van der Waals surface area contributed by atoms with Gasteiger partial charge in [-0.2, -0.15) is 0 Å². The zero-order valence-corrected chi connectivity index (χ0v) is 20.2. The second-order valence-electron chi connectivity index (χ2n) is 8.38. The van der Waals surface area contributed by atoms with Crippen LogP contribution < -0.4 is 4.72 Å². The van der Waals surface area contributed by atoms with Crippen LogP contribution in [0, 0.1) is 5.82 Å². The van der Waals surface area contributed by atoms with Gasteiger partial charge in [-0.1, -0.05) is 29.8 Å². The number of nitrogens with zero attached hydrogens (tertiary/aromatic N) is 3. The molecule has 9 heteroatoms. The first-order valence-electron chi connectivity index (χ1n) is 11.1. The van der Waals surface area contributed by atoms with Crippen LogP contribution in [0.25, 0.3) is 11.0 Å². The van der Waals surface area contributed by atoms with E-state index in [9.17, 15) is 14.3 Å². The quantitative estimate of drug-likeness (QED) is 0.338. The number of fused-ring (bicyclic) bond motifs is 1. The fourth-order valence-electron chi connectivity index (χ4n) is 4.25. The second-order valence-corrected chi connectivity index (χ2v) is 9.64. The van der Waals surface area contributed by atoms with E-state index in [4.69, 9.17) is 11.6 Å². The molecule has 178 valence electrons. The van der Waals surface area contributed by atoms with Crippen molar-refractivity contribution in [1.82, 2.24) is 14.9 Å². The second kappa shape index (κ2) is 9.81. The van der Waals surface area contributed by atoms with Gasteiger partial charge < -0.3 is 14.7 Å². The molecule has 1 saturated heterocycles. The van der Waals surface area contributed by atoms with Crippen molar-refractivity contribution in [2.75, 3.05) is 17.8 Å². The maximum atomic E-state index is 14.0. The smallest absolute Gasteiger partial charge is 0.253 e. The molecule has 0 unspecified atom stereocenters. The first-order valence-corrected chi connectivity index (χ1v) is 12.3. The van der Waals surface area contributed by atoms with E-state index in [-0.39, 0.29) is 11.4 Å². The summed E-state index contributed by atoms with van der Waals surface area (Å²) < 4.78 is 17.2. The number of likely N-dealkylation sites (tertiary alicyclic amines) is 1. The summed E-state index contributed by atoms with van der Waals surface area (Å²) in [6, 6.07) is 17.5. The monoisotopic (exact) mass is 508 g/mol. The molecular formula is C26H22ClFN4O2S. The van der Waals surface area contributed by atoms with E-state index in [1.807, 2.05) is 30.3 Å². The predicted octanol–water partition coefficient (Wildman–Crippen LogP) is 5.67. The summed E-state index contributed by atoms with van der Waals surface area (Å²) in [5.74, 6) is -0.492. The minimum Gasteiger partial charge on any atom is -0.385 e. The Morgan fingerprint density at radius 2 is 1.69 bits per heavy atom. The van der Waals surface area contributed by atoms with Crippen LogP contribution in [0.3, 0.4) is 0 Å². The summed E-state index contributed by atoms with van der Waals surface area (Å²) in [7, 11) is 0. The van der Waals surface area contributed by atoms with E-state index in [1.54, 1.807) is 29.2 Å². The van der Waals surface area contributed by atoms with Crippen LogP contribution in [0.4, 0.5) is 10.1 Å². The summed E-state index contributed by atoms with van der Waals surface area (Å²) in [6.07, 6.45) is 3.84. The lowest BCUT2D eigenvalue weighted by atomic mass is 9.84. The number of amides is 1. The van der Waals surface area contributed by atoms with Crippen LogP contribution in [-0.2, 0) is 5.60 Å². The van der Waals surface area contributed by atoms with Gasteiger partial charge in [0.15, 0.2) is 5.82 Å². The molecule has 5 rings (SSSR count). The molecule has 2 N–H and O–H groups in total. The van der Waals surface area contributed by atoms with Gasteiger partial charge in [-0.3, -0.25) is 9.78 Å². The van der Waals surface area contributed by atoms with Crippen LogP contribution in [0.1, 0.15) is 28.8 Å². The molecule has 0 radical (unpaired) electrons. The third-order valence-corrected chi connectivity index (χ3v) is 7.42. The van der Waals surface area contributed by atoms with Crippen molar-refractivity contribution >= 4 is 46.2 Å². The number of carbonyl (C=O) groups is 1. The molecule has 1 aromatic heterocycles. The maximum Gasteiger partial charge on any atom is 0.253 e. The first-order chi connectivity index (χ1) is 16.9. The number of halogens is 2. The standard InChI is InChI=1S/C26H22ClFN4O2S/c27-20-4-2-1-3-19(20)26(34)11-15-32(16-12-26)25(33)17-5-7-18(8-6-17)31-35-22-10-9-21(28)23-24(22)30-14-13-29-23/h1-10,13-14,31,34H,11-12,15-16H2. The first kappa shape index (κ1) is 23.5. The SMILES string of the molecule is O=C(c1ccc(NSc2ccc(F)c3nccnc23)cc1)N1CCC(O)(c2ccccc2Cl)CC1. The molecule has 1 aliphatic heterocycles. The number of aliphatic hydroxyl groups is 1. The van der Waals surface area contributed by atoms with Crippen molar-refractivity contribution in [2.24, 2.45) is 0 Å². The molecule has 35 heavy (non-hydrogen) atoms. The number of piperidine rings is 1. The maximum absolute atomic E-state index is 14.0. The summed E-state index contributed by atoms with van der Waals surface area (Å²) in [4.78, 5) is 23.8. The Balaban J connectivity index is 1.22.